The monoisotopic (exact) mass is 397 g/mol. The van der Waals surface area contributed by atoms with Crippen molar-refractivity contribution in [1.82, 2.24) is 19.9 Å². The second-order valence-corrected chi connectivity index (χ2v) is 6.24. The van der Waals surface area contributed by atoms with Crippen molar-refractivity contribution in [3.63, 3.8) is 0 Å². The number of nitrogens with zero attached hydrogens (tertiary/aromatic N) is 4. The number of anilines is 1. The Hall–Kier alpha value is -1.31. The molecule has 0 unspecified atom stereocenters. The number of hydrogen-bond donors (Lipinski definition) is 1. The maximum Gasteiger partial charge on any atom is 0.180 e. The van der Waals surface area contributed by atoms with E-state index in [1.165, 1.54) is 0 Å². The number of hydrogen-bond acceptors (Lipinski definition) is 5. The molecule has 0 fully saturated rings. The van der Waals surface area contributed by atoms with Crippen LogP contribution in [0.4, 0.5) is 5.82 Å². The zero-order valence-electron chi connectivity index (χ0n) is 12.8. The largest absolute Gasteiger partial charge is 0.369 e. The van der Waals surface area contributed by atoms with Gasteiger partial charge in [0.1, 0.15) is 17.3 Å². The van der Waals surface area contributed by atoms with Gasteiger partial charge in [-0.2, -0.15) is 0 Å². The van der Waals surface area contributed by atoms with Gasteiger partial charge in [-0.3, -0.25) is 0 Å². The van der Waals surface area contributed by atoms with Crippen molar-refractivity contribution >= 4 is 28.4 Å². The normalized spacial score (nSPS) is 11.0. The molecule has 0 bridgehead atoms. The molecule has 0 spiro atoms. The van der Waals surface area contributed by atoms with E-state index in [1.54, 1.807) is 6.20 Å². The molecule has 2 aromatic rings. The molecule has 0 saturated carbocycles. The fourth-order valence-electron chi connectivity index (χ4n) is 1.90. The minimum Gasteiger partial charge on any atom is -0.369 e. The predicted molar refractivity (Wildman–Crippen MR) is 93.4 cm³/mol. The van der Waals surface area contributed by atoms with Crippen molar-refractivity contribution in [2.24, 2.45) is 0 Å². The molecule has 0 saturated heterocycles. The summed E-state index contributed by atoms with van der Waals surface area (Å²) in [6.07, 6.45) is 2.80. The molecule has 6 heteroatoms. The third kappa shape index (κ3) is 3.87. The molecule has 2 aromatic heterocycles. The van der Waals surface area contributed by atoms with Crippen LogP contribution >= 0.6 is 22.6 Å². The second kappa shape index (κ2) is 7.11. The molecule has 2 rings (SSSR count). The Labute approximate surface area is 139 Å². The van der Waals surface area contributed by atoms with Crippen LogP contribution in [0.2, 0.25) is 0 Å². The number of aryl methyl sites for hydroxylation is 1. The molecule has 112 valence electrons. The minimum atomic E-state index is 0.337. The Morgan fingerprint density at radius 3 is 2.62 bits per heavy atom. The predicted octanol–water partition coefficient (Wildman–Crippen LogP) is 3.79. The third-order valence-corrected chi connectivity index (χ3v) is 4.03. The maximum atomic E-state index is 4.70. The van der Waals surface area contributed by atoms with Gasteiger partial charge >= 0.3 is 0 Å². The quantitative estimate of drug-likeness (QED) is 0.778. The van der Waals surface area contributed by atoms with Crippen molar-refractivity contribution in [2.75, 3.05) is 11.9 Å². The summed E-state index contributed by atoms with van der Waals surface area (Å²) in [5, 5.41) is 3.38. The van der Waals surface area contributed by atoms with Crippen LogP contribution in [-0.2, 0) is 0 Å². The highest BCUT2D eigenvalue weighted by molar-refractivity contribution is 14.1. The van der Waals surface area contributed by atoms with Crippen LogP contribution in [0.3, 0.4) is 0 Å². The molecule has 0 aliphatic carbocycles. The summed E-state index contributed by atoms with van der Waals surface area (Å²) in [7, 11) is 0. The first-order chi connectivity index (χ1) is 10.0. The van der Waals surface area contributed by atoms with Crippen molar-refractivity contribution in [3.05, 3.63) is 27.4 Å². The van der Waals surface area contributed by atoms with Crippen molar-refractivity contribution < 1.29 is 0 Å². The van der Waals surface area contributed by atoms with Crippen LogP contribution < -0.4 is 5.32 Å². The van der Waals surface area contributed by atoms with E-state index >= 15 is 0 Å². The molecule has 0 atom stereocenters. The first kappa shape index (κ1) is 16.1. The first-order valence-corrected chi connectivity index (χ1v) is 8.22. The summed E-state index contributed by atoms with van der Waals surface area (Å²) < 4.78 is 1.09. The molecule has 0 aliphatic heterocycles. The lowest BCUT2D eigenvalue weighted by Gasteiger charge is -2.14. The van der Waals surface area contributed by atoms with E-state index in [-0.39, 0.29) is 0 Å². The lowest BCUT2D eigenvalue weighted by atomic mass is 10.1. The first-order valence-electron chi connectivity index (χ1n) is 7.14. The summed E-state index contributed by atoms with van der Waals surface area (Å²) in [4.78, 5) is 17.9. The highest BCUT2D eigenvalue weighted by Gasteiger charge is 2.16. The van der Waals surface area contributed by atoms with E-state index in [4.69, 9.17) is 4.98 Å². The van der Waals surface area contributed by atoms with Gasteiger partial charge in [-0.15, -0.1) is 0 Å². The molecule has 2 heterocycles. The summed E-state index contributed by atoms with van der Waals surface area (Å²) in [6.45, 7) is 9.19. The fourth-order valence-corrected chi connectivity index (χ4v) is 2.96. The smallest absolute Gasteiger partial charge is 0.180 e. The van der Waals surface area contributed by atoms with Crippen LogP contribution in [0.25, 0.3) is 11.5 Å². The Morgan fingerprint density at radius 2 is 2.00 bits per heavy atom. The van der Waals surface area contributed by atoms with Gasteiger partial charge in [0.25, 0.3) is 0 Å². The fraction of sp³-hybridized carbons (Fsp3) is 0.467. The SMILES string of the molecule is CCCNc1nc(-c2ccnc(C)n2)nc(C(C)C)c1I. The van der Waals surface area contributed by atoms with Crippen molar-refractivity contribution in [2.45, 2.75) is 40.0 Å². The molecule has 5 nitrogen and oxygen atoms in total. The maximum absolute atomic E-state index is 4.70. The van der Waals surface area contributed by atoms with Crippen molar-refractivity contribution in [3.8, 4) is 11.5 Å². The highest BCUT2D eigenvalue weighted by atomic mass is 127. The van der Waals surface area contributed by atoms with E-state index in [1.807, 2.05) is 13.0 Å². The van der Waals surface area contributed by atoms with E-state index in [0.29, 0.717) is 11.7 Å². The van der Waals surface area contributed by atoms with Crippen LogP contribution in [0.1, 0.15) is 44.6 Å². The Kier molecular flexibility index (Phi) is 5.44. The van der Waals surface area contributed by atoms with Gasteiger partial charge in [-0.1, -0.05) is 20.8 Å². The van der Waals surface area contributed by atoms with Crippen LogP contribution in [0.15, 0.2) is 12.3 Å². The third-order valence-electron chi connectivity index (χ3n) is 2.97. The summed E-state index contributed by atoms with van der Waals surface area (Å²) in [6, 6.07) is 1.85. The number of rotatable bonds is 5. The summed E-state index contributed by atoms with van der Waals surface area (Å²) >= 11 is 2.32. The Bertz CT molecular complexity index is 627. The molecular weight excluding hydrogens is 377 g/mol. The van der Waals surface area contributed by atoms with Crippen LogP contribution in [0, 0.1) is 10.5 Å². The van der Waals surface area contributed by atoms with E-state index < -0.39 is 0 Å². The molecule has 21 heavy (non-hydrogen) atoms. The van der Waals surface area contributed by atoms with E-state index in [9.17, 15) is 0 Å². The van der Waals surface area contributed by atoms with E-state index in [2.05, 4.69) is 63.6 Å². The summed E-state index contributed by atoms with van der Waals surface area (Å²) in [5.41, 5.74) is 1.82. The standard InChI is InChI=1S/C15H20IN5/c1-5-7-18-15-12(16)13(9(2)3)20-14(21-15)11-6-8-17-10(4)19-11/h6,8-9H,5,7H2,1-4H3,(H,18,20,21). The van der Waals surface area contributed by atoms with Gasteiger partial charge < -0.3 is 5.32 Å². The lowest BCUT2D eigenvalue weighted by molar-refractivity contribution is 0.805. The summed E-state index contributed by atoms with van der Waals surface area (Å²) in [5.74, 6) is 2.61. The molecule has 0 radical (unpaired) electrons. The zero-order valence-corrected chi connectivity index (χ0v) is 15.0. The average molecular weight is 397 g/mol. The zero-order chi connectivity index (χ0) is 15.4. The van der Waals surface area contributed by atoms with Gasteiger partial charge in [0.05, 0.1) is 9.26 Å². The minimum absolute atomic E-state index is 0.337. The molecule has 0 amide bonds. The van der Waals surface area contributed by atoms with Crippen LogP contribution in [-0.4, -0.2) is 26.5 Å². The molecular formula is C15H20IN5. The Balaban J connectivity index is 2.53. The van der Waals surface area contributed by atoms with Crippen LogP contribution in [0.5, 0.6) is 0 Å². The Morgan fingerprint density at radius 1 is 1.24 bits per heavy atom. The number of nitrogens with one attached hydrogen (secondary N) is 1. The number of aromatic nitrogens is 4. The van der Waals surface area contributed by atoms with Gasteiger partial charge in [0, 0.05) is 12.7 Å². The lowest BCUT2D eigenvalue weighted by Crippen LogP contribution is -2.10. The topological polar surface area (TPSA) is 63.6 Å². The van der Waals surface area contributed by atoms with Gasteiger partial charge in [-0.25, -0.2) is 19.9 Å². The highest BCUT2D eigenvalue weighted by Crippen LogP contribution is 2.27. The van der Waals surface area contributed by atoms with Gasteiger partial charge in [0.15, 0.2) is 5.82 Å². The molecule has 1 N–H and O–H groups in total. The van der Waals surface area contributed by atoms with Gasteiger partial charge in [-0.05, 0) is 47.9 Å². The number of halogens is 1. The molecule has 0 aromatic carbocycles. The van der Waals surface area contributed by atoms with Gasteiger partial charge in [0.2, 0.25) is 0 Å². The second-order valence-electron chi connectivity index (χ2n) is 5.17. The van der Waals surface area contributed by atoms with Crippen molar-refractivity contribution in [1.29, 1.82) is 0 Å². The van der Waals surface area contributed by atoms with E-state index in [0.717, 1.165) is 39.6 Å². The average Bonchev–Trinajstić information content (AvgIpc) is 2.46. The molecule has 0 aliphatic rings.